The lowest BCUT2D eigenvalue weighted by molar-refractivity contribution is 0.300. The zero-order valence-electron chi connectivity index (χ0n) is 8.74. The van der Waals surface area contributed by atoms with E-state index in [0.717, 1.165) is 18.0 Å². The van der Waals surface area contributed by atoms with Crippen LogP contribution < -0.4 is 5.32 Å². The fraction of sp³-hybridized carbons (Fsp3) is 0.500. The molecule has 0 unspecified atom stereocenters. The van der Waals surface area contributed by atoms with E-state index in [1.807, 2.05) is 0 Å². The smallest absolute Gasteiger partial charge is 0.123 e. The third kappa shape index (κ3) is 2.63. The van der Waals surface area contributed by atoms with Gasteiger partial charge in [0.1, 0.15) is 11.5 Å². The monoisotopic (exact) mass is 207 g/mol. The normalized spacial score (nSPS) is 16.3. The highest BCUT2D eigenvalue weighted by Crippen LogP contribution is 2.26. The quantitative estimate of drug-likeness (QED) is 0.707. The Morgan fingerprint density at radius 2 is 2.07 bits per heavy atom. The average molecular weight is 207 g/mol. The molecule has 82 valence electrons. The Kier molecular flexibility index (Phi) is 3.11. The van der Waals surface area contributed by atoms with Gasteiger partial charge in [-0.3, -0.25) is 0 Å². The molecule has 0 radical (unpaired) electrons. The third-order valence-electron chi connectivity index (χ3n) is 3.04. The van der Waals surface area contributed by atoms with Crippen molar-refractivity contribution in [2.24, 2.45) is 5.92 Å². The maximum Gasteiger partial charge on any atom is 0.123 e. The fourth-order valence-electron chi connectivity index (χ4n) is 1.81. The molecule has 3 nitrogen and oxygen atoms in total. The highest BCUT2D eigenvalue weighted by Gasteiger charge is 2.16. The van der Waals surface area contributed by atoms with Crippen LogP contribution in [0.1, 0.15) is 24.8 Å². The Morgan fingerprint density at radius 3 is 2.67 bits per heavy atom. The van der Waals surface area contributed by atoms with E-state index in [2.05, 4.69) is 5.32 Å². The molecular formula is C12H17NO2. The Bertz CT molecular complexity index is 334. The van der Waals surface area contributed by atoms with Gasteiger partial charge in [-0.05, 0) is 31.4 Å². The molecule has 1 fully saturated rings. The summed E-state index contributed by atoms with van der Waals surface area (Å²) in [7, 11) is 0. The number of phenols is 2. The molecule has 0 bridgehead atoms. The predicted octanol–water partition coefficient (Wildman–Crippen LogP) is 1.99. The fourth-order valence-corrected chi connectivity index (χ4v) is 1.81. The van der Waals surface area contributed by atoms with Crippen LogP contribution in [-0.4, -0.2) is 16.8 Å². The van der Waals surface area contributed by atoms with Crippen LogP contribution in [0.4, 0.5) is 0 Å². The van der Waals surface area contributed by atoms with Crippen molar-refractivity contribution in [1.29, 1.82) is 0 Å². The van der Waals surface area contributed by atoms with Crippen LogP contribution in [0.15, 0.2) is 18.2 Å². The van der Waals surface area contributed by atoms with Crippen LogP contribution in [0.2, 0.25) is 0 Å². The molecule has 0 aromatic heterocycles. The summed E-state index contributed by atoms with van der Waals surface area (Å²) in [6, 6.07) is 4.72. The highest BCUT2D eigenvalue weighted by molar-refractivity contribution is 5.38. The zero-order valence-corrected chi connectivity index (χ0v) is 8.74. The third-order valence-corrected chi connectivity index (χ3v) is 3.04. The number of hydrogen-bond donors (Lipinski definition) is 3. The summed E-state index contributed by atoms with van der Waals surface area (Å²) in [6.07, 6.45) is 4.01. The largest absolute Gasteiger partial charge is 0.508 e. The van der Waals surface area contributed by atoms with Gasteiger partial charge in [-0.1, -0.05) is 12.5 Å². The van der Waals surface area contributed by atoms with Crippen LogP contribution in [0, 0.1) is 5.92 Å². The minimum Gasteiger partial charge on any atom is -0.508 e. The Balaban J connectivity index is 1.81. The molecule has 1 aliphatic rings. The summed E-state index contributed by atoms with van der Waals surface area (Å²) >= 11 is 0. The summed E-state index contributed by atoms with van der Waals surface area (Å²) in [4.78, 5) is 0. The van der Waals surface area contributed by atoms with E-state index >= 15 is 0 Å². The first kappa shape index (κ1) is 10.3. The van der Waals surface area contributed by atoms with Crippen molar-refractivity contribution in [2.45, 2.75) is 25.8 Å². The molecule has 2 rings (SSSR count). The first-order valence-electron chi connectivity index (χ1n) is 5.47. The molecule has 1 aromatic rings. The van der Waals surface area contributed by atoms with Gasteiger partial charge in [0, 0.05) is 18.2 Å². The van der Waals surface area contributed by atoms with Crippen LogP contribution in [0.5, 0.6) is 11.5 Å². The van der Waals surface area contributed by atoms with Gasteiger partial charge in [0.2, 0.25) is 0 Å². The topological polar surface area (TPSA) is 52.5 Å². The van der Waals surface area contributed by atoms with E-state index in [1.165, 1.54) is 25.3 Å². The van der Waals surface area contributed by atoms with Crippen LogP contribution in [0.25, 0.3) is 0 Å². The van der Waals surface area contributed by atoms with Crippen molar-refractivity contribution < 1.29 is 10.2 Å². The van der Waals surface area contributed by atoms with Crippen molar-refractivity contribution in [3.05, 3.63) is 23.8 Å². The highest BCUT2D eigenvalue weighted by atomic mass is 16.3. The molecule has 3 N–H and O–H groups in total. The zero-order chi connectivity index (χ0) is 10.7. The molecule has 0 saturated heterocycles. The number of hydrogen-bond acceptors (Lipinski definition) is 3. The molecule has 3 heteroatoms. The second kappa shape index (κ2) is 4.53. The van der Waals surface area contributed by atoms with E-state index in [-0.39, 0.29) is 11.5 Å². The summed E-state index contributed by atoms with van der Waals surface area (Å²) in [5, 5.41) is 22.0. The number of phenolic OH excluding ortho intramolecular Hbond substituents is 2. The van der Waals surface area contributed by atoms with E-state index in [1.54, 1.807) is 12.1 Å². The summed E-state index contributed by atoms with van der Waals surface area (Å²) in [6.45, 7) is 1.70. The van der Waals surface area contributed by atoms with Gasteiger partial charge in [-0.25, -0.2) is 0 Å². The second-order valence-corrected chi connectivity index (χ2v) is 4.24. The average Bonchev–Trinajstić information content (AvgIpc) is 2.12. The SMILES string of the molecule is Oc1ccc(CNCC2CCC2)c(O)c1. The maximum atomic E-state index is 9.53. The number of rotatable bonds is 4. The molecule has 0 aliphatic heterocycles. The number of benzene rings is 1. The minimum absolute atomic E-state index is 0.107. The minimum atomic E-state index is 0.107. The van der Waals surface area contributed by atoms with Gasteiger partial charge in [0.15, 0.2) is 0 Å². The van der Waals surface area contributed by atoms with Crippen LogP contribution in [-0.2, 0) is 6.54 Å². The van der Waals surface area contributed by atoms with E-state index in [4.69, 9.17) is 5.11 Å². The van der Waals surface area contributed by atoms with Gasteiger partial charge in [0.25, 0.3) is 0 Å². The second-order valence-electron chi connectivity index (χ2n) is 4.24. The number of nitrogens with one attached hydrogen (secondary N) is 1. The molecule has 1 saturated carbocycles. The van der Waals surface area contributed by atoms with E-state index < -0.39 is 0 Å². The van der Waals surface area contributed by atoms with Gasteiger partial charge >= 0.3 is 0 Å². The summed E-state index contributed by atoms with van der Waals surface area (Å²) in [5.74, 6) is 1.09. The lowest BCUT2D eigenvalue weighted by Gasteiger charge is -2.25. The summed E-state index contributed by atoms with van der Waals surface area (Å²) < 4.78 is 0. The van der Waals surface area contributed by atoms with Crippen molar-refractivity contribution in [3.63, 3.8) is 0 Å². The van der Waals surface area contributed by atoms with Crippen molar-refractivity contribution >= 4 is 0 Å². The Labute approximate surface area is 89.8 Å². The first-order valence-corrected chi connectivity index (χ1v) is 5.47. The van der Waals surface area contributed by atoms with Crippen molar-refractivity contribution in [3.8, 4) is 11.5 Å². The summed E-state index contributed by atoms with van der Waals surface area (Å²) in [5.41, 5.74) is 0.840. The Hall–Kier alpha value is -1.22. The molecule has 0 heterocycles. The molecule has 0 atom stereocenters. The van der Waals surface area contributed by atoms with E-state index in [9.17, 15) is 5.11 Å². The standard InChI is InChI=1S/C12H17NO2/c14-11-5-4-10(12(15)6-11)8-13-7-9-2-1-3-9/h4-6,9,13-15H,1-3,7-8H2. The van der Waals surface area contributed by atoms with Gasteiger partial charge in [0.05, 0.1) is 0 Å². The van der Waals surface area contributed by atoms with Crippen LogP contribution in [0.3, 0.4) is 0 Å². The van der Waals surface area contributed by atoms with Crippen molar-refractivity contribution in [2.75, 3.05) is 6.54 Å². The molecular weight excluding hydrogens is 190 g/mol. The Morgan fingerprint density at radius 1 is 1.27 bits per heavy atom. The lowest BCUT2D eigenvalue weighted by atomic mass is 9.85. The molecule has 1 aromatic carbocycles. The number of aromatic hydroxyl groups is 2. The van der Waals surface area contributed by atoms with E-state index in [0.29, 0.717) is 6.54 Å². The van der Waals surface area contributed by atoms with Gasteiger partial charge in [-0.2, -0.15) is 0 Å². The van der Waals surface area contributed by atoms with Gasteiger partial charge < -0.3 is 15.5 Å². The first-order chi connectivity index (χ1) is 7.25. The lowest BCUT2D eigenvalue weighted by Crippen LogP contribution is -2.26. The molecule has 0 amide bonds. The predicted molar refractivity (Wildman–Crippen MR) is 58.8 cm³/mol. The molecule has 15 heavy (non-hydrogen) atoms. The molecule has 0 spiro atoms. The maximum absolute atomic E-state index is 9.53. The molecule has 1 aliphatic carbocycles. The van der Waals surface area contributed by atoms with Gasteiger partial charge in [-0.15, -0.1) is 0 Å². The van der Waals surface area contributed by atoms with Crippen molar-refractivity contribution in [1.82, 2.24) is 5.32 Å². The van der Waals surface area contributed by atoms with Crippen LogP contribution >= 0.6 is 0 Å².